The first-order chi connectivity index (χ1) is 13.0. The summed E-state index contributed by atoms with van der Waals surface area (Å²) in [6.07, 6.45) is 5.50. The summed E-state index contributed by atoms with van der Waals surface area (Å²) in [7, 11) is 0. The fraction of sp³-hybridized carbons (Fsp3) is 0.261. The molecular formula is C23H24O4. The second kappa shape index (κ2) is 8.58. The van der Waals surface area contributed by atoms with E-state index < -0.39 is 0 Å². The number of hydrogen-bond acceptors (Lipinski definition) is 4. The number of benzene rings is 2. The highest BCUT2D eigenvalue weighted by atomic mass is 16.7. The Morgan fingerprint density at radius 2 is 1.85 bits per heavy atom. The summed E-state index contributed by atoms with van der Waals surface area (Å²) >= 11 is 0. The van der Waals surface area contributed by atoms with Crippen molar-refractivity contribution in [3.8, 4) is 28.4 Å². The zero-order valence-corrected chi connectivity index (χ0v) is 16.0. The summed E-state index contributed by atoms with van der Waals surface area (Å²) < 4.78 is 16.3. The SMILES string of the molecule is CC(C)=CCC/C(C)=C/C(=O)Oc1ccc(-c2ccc3cc2OCO3)cc1. The number of fused-ring (bicyclic) bond motifs is 2. The number of hydrogen-bond donors (Lipinski definition) is 0. The van der Waals surface area contributed by atoms with Gasteiger partial charge < -0.3 is 14.2 Å². The molecular weight excluding hydrogens is 340 g/mol. The third kappa shape index (κ3) is 5.23. The van der Waals surface area contributed by atoms with E-state index in [9.17, 15) is 4.79 Å². The van der Waals surface area contributed by atoms with E-state index in [1.54, 1.807) is 18.2 Å². The molecule has 1 aliphatic rings. The first-order valence-corrected chi connectivity index (χ1v) is 9.04. The minimum Gasteiger partial charge on any atom is -0.457 e. The molecule has 2 aromatic carbocycles. The lowest BCUT2D eigenvalue weighted by molar-refractivity contribution is -0.129. The van der Waals surface area contributed by atoms with Crippen LogP contribution >= 0.6 is 0 Å². The summed E-state index contributed by atoms with van der Waals surface area (Å²) in [5.41, 5.74) is 4.27. The Balaban J connectivity index is 1.62. The largest absolute Gasteiger partial charge is 0.457 e. The molecule has 0 fully saturated rings. The van der Waals surface area contributed by atoms with Crippen LogP contribution < -0.4 is 14.2 Å². The Morgan fingerprint density at radius 3 is 2.59 bits per heavy atom. The number of carbonyl (C=O) groups excluding carboxylic acids is 1. The van der Waals surface area contributed by atoms with Gasteiger partial charge in [-0.25, -0.2) is 4.79 Å². The van der Waals surface area contributed by atoms with E-state index in [0.29, 0.717) is 5.75 Å². The molecule has 3 rings (SSSR count). The first-order valence-electron chi connectivity index (χ1n) is 9.04. The van der Waals surface area contributed by atoms with E-state index in [0.717, 1.165) is 41.0 Å². The van der Waals surface area contributed by atoms with Crippen molar-refractivity contribution in [3.05, 3.63) is 65.8 Å². The van der Waals surface area contributed by atoms with Gasteiger partial charge in [0.05, 0.1) is 0 Å². The lowest BCUT2D eigenvalue weighted by Gasteiger charge is -2.18. The minimum atomic E-state index is -0.350. The van der Waals surface area contributed by atoms with Crippen molar-refractivity contribution >= 4 is 5.97 Å². The minimum absolute atomic E-state index is 0.226. The van der Waals surface area contributed by atoms with Crippen LogP contribution in [0.15, 0.2) is 65.8 Å². The van der Waals surface area contributed by atoms with E-state index in [1.165, 1.54) is 5.57 Å². The molecule has 1 heterocycles. The fourth-order valence-electron chi connectivity index (χ4n) is 2.82. The molecule has 0 aliphatic carbocycles. The van der Waals surface area contributed by atoms with E-state index in [2.05, 4.69) is 19.9 Å². The van der Waals surface area contributed by atoms with Gasteiger partial charge in [-0.1, -0.05) is 29.4 Å². The van der Waals surface area contributed by atoms with Crippen molar-refractivity contribution in [2.75, 3.05) is 6.79 Å². The smallest absolute Gasteiger partial charge is 0.336 e. The molecule has 0 unspecified atom stereocenters. The summed E-state index contributed by atoms with van der Waals surface area (Å²) in [6, 6.07) is 13.2. The van der Waals surface area contributed by atoms with Crippen LogP contribution in [0, 0.1) is 0 Å². The van der Waals surface area contributed by atoms with Crippen LogP contribution in [0.3, 0.4) is 0 Å². The molecule has 2 aromatic rings. The van der Waals surface area contributed by atoms with Gasteiger partial charge in [-0.15, -0.1) is 0 Å². The average Bonchev–Trinajstić information content (AvgIpc) is 2.62. The molecule has 0 saturated heterocycles. The standard InChI is InChI=1S/C23H24O4/c1-16(2)5-4-6-17(3)13-23(24)27-19-9-7-18(8-10-19)21-12-11-20-14-22(21)26-15-25-20/h5,7-14H,4,6,15H2,1-3H3/b17-13+. The number of carbonyl (C=O) groups is 1. The van der Waals surface area contributed by atoms with Gasteiger partial charge in [0.2, 0.25) is 6.79 Å². The van der Waals surface area contributed by atoms with Crippen molar-refractivity contribution in [1.82, 2.24) is 0 Å². The van der Waals surface area contributed by atoms with Gasteiger partial charge in [0.25, 0.3) is 0 Å². The second-order valence-electron chi connectivity index (χ2n) is 6.82. The van der Waals surface area contributed by atoms with Gasteiger partial charge in [-0.2, -0.15) is 0 Å². The number of rotatable bonds is 6. The van der Waals surface area contributed by atoms with E-state index in [1.807, 2.05) is 37.3 Å². The molecule has 0 atom stereocenters. The normalized spacial score (nSPS) is 12.6. The maximum absolute atomic E-state index is 12.1. The Kier molecular flexibility index (Phi) is 5.97. The third-order valence-electron chi connectivity index (χ3n) is 4.23. The topological polar surface area (TPSA) is 44.8 Å². The van der Waals surface area contributed by atoms with Crippen LogP contribution in [0.2, 0.25) is 0 Å². The molecule has 0 N–H and O–H groups in total. The molecule has 2 bridgehead atoms. The van der Waals surface area contributed by atoms with Crippen molar-refractivity contribution in [2.24, 2.45) is 0 Å². The van der Waals surface area contributed by atoms with Crippen LogP contribution in [0.5, 0.6) is 17.2 Å². The molecule has 1 aliphatic heterocycles. The van der Waals surface area contributed by atoms with Gasteiger partial charge in [0.15, 0.2) is 0 Å². The molecule has 4 nitrogen and oxygen atoms in total. The summed E-state index contributed by atoms with van der Waals surface area (Å²) in [5.74, 6) is 1.76. The monoisotopic (exact) mass is 364 g/mol. The Morgan fingerprint density at radius 1 is 1.07 bits per heavy atom. The molecule has 0 saturated carbocycles. The lowest BCUT2D eigenvalue weighted by atomic mass is 10.0. The van der Waals surface area contributed by atoms with Crippen molar-refractivity contribution in [2.45, 2.75) is 33.6 Å². The predicted octanol–water partition coefficient (Wildman–Crippen LogP) is 5.68. The van der Waals surface area contributed by atoms with Crippen LogP contribution in [-0.2, 0) is 4.79 Å². The van der Waals surface area contributed by atoms with E-state index in [4.69, 9.17) is 14.2 Å². The van der Waals surface area contributed by atoms with Crippen LogP contribution in [0.25, 0.3) is 11.1 Å². The van der Waals surface area contributed by atoms with E-state index >= 15 is 0 Å². The fourth-order valence-corrected chi connectivity index (χ4v) is 2.82. The third-order valence-corrected chi connectivity index (χ3v) is 4.23. The molecule has 0 amide bonds. The summed E-state index contributed by atoms with van der Waals surface area (Å²) in [5, 5.41) is 0. The quantitative estimate of drug-likeness (QED) is 0.286. The molecule has 27 heavy (non-hydrogen) atoms. The zero-order valence-electron chi connectivity index (χ0n) is 16.0. The molecule has 4 heteroatoms. The lowest BCUT2D eigenvalue weighted by Crippen LogP contribution is -2.10. The molecule has 0 aromatic heterocycles. The van der Waals surface area contributed by atoms with Crippen molar-refractivity contribution in [1.29, 1.82) is 0 Å². The molecule has 140 valence electrons. The van der Waals surface area contributed by atoms with Gasteiger partial charge in [-0.3, -0.25) is 0 Å². The predicted molar refractivity (Wildman–Crippen MR) is 106 cm³/mol. The van der Waals surface area contributed by atoms with Gasteiger partial charge in [0, 0.05) is 17.7 Å². The molecule has 0 radical (unpaired) electrons. The highest BCUT2D eigenvalue weighted by Crippen LogP contribution is 2.36. The van der Waals surface area contributed by atoms with E-state index in [-0.39, 0.29) is 12.8 Å². The van der Waals surface area contributed by atoms with Gasteiger partial charge in [-0.05, 0) is 63.4 Å². The highest BCUT2D eigenvalue weighted by Gasteiger charge is 2.13. The van der Waals surface area contributed by atoms with Crippen LogP contribution in [0.1, 0.15) is 33.6 Å². The Labute approximate surface area is 160 Å². The van der Waals surface area contributed by atoms with Crippen LogP contribution in [0.4, 0.5) is 0 Å². The maximum Gasteiger partial charge on any atom is 0.336 e. The number of ether oxygens (including phenoxy) is 3. The van der Waals surface area contributed by atoms with Gasteiger partial charge in [0.1, 0.15) is 17.2 Å². The summed E-state index contributed by atoms with van der Waals surface area (Å²) in [4.78, 5) is 12.1. The molecule has 0 spiro atoms. The average molecular weight is 364 g/mol. The second-order valence-corrected chi connectivity index (χ2v) is 6.82. The number of allylic oxidation sites excluding steroid dienone is 3. The maximum atomic E-state index is 12.1. The zero-order chi connectivity index (χ0) is 19.2. The highest BCUT2D eigenvalue weighted by molar-refractivity contribution is 5.85. The van der Waals surface area contributed by atoms with Gasteiger partial charge >= 0.3 is 5.97 Å². The van der Waals surface area contributed by atoms with Crippen molar-refractivity contribution in [3.63, 3.8) is 0 Å². The summed E-state index contributed by atoms with van der Waals surface area (Å²) in [6.45, 7) is 6.31. The van der Waals surface area contributed by atoms with Crippen LogP contribution in [-0.4, -0.2) is 12.8 Å². The Bertz CT molecular complexity index is 872. The number of esters is 1. The Hall–Kier alpha value is -3.01. The first kappa shape index (κ1) is 18.8. The van der Waals surface area contributed by atoms with Crippen molar-refractivity contribution < 1.29 is 19.0 Å².